The molecule has 1 N–H and O–H groups in total. The van der Waals surface area contributed by atoms with Crippen molar-refractivity contribution in [3.8, 4) is 0 Å². The van der Waals surface area contributed by atoms with Gasteiger partial charge in [-0.05, 0) is 49.6 Å². The van der Waals surface area contributed by atoms with Crippen molar-refractivity contribution in [3.63, 3.8) is 0 Å². The van der Waals surface area contributed by atoms with E-state index < -0.39 is 0 Å². The van der Waals surface area contributed by atoms with Gasteiger partial charge in [-0.25, -0.2) is 0 Å². The van der Waals surface area contributed by atoms with Crippen molar-refractivity contribution in [3.05, 3.63) is 65.2 Å². The Bertz CT molecular complexity index is 705. The van der Waals surface area contributed by atoms with Crippen molar-refractivity contribution >= 4 is 17.5 Å². The van der Waals surface area contributed by atoms with Gasteiger partial charge in [0, 0.05) is 12.6 Å². The predicted octanol–water partition coefficient (Wildman–Crippen LogP) is 3.85. The highest BCUT2D eigenvalue weighted by Crippen LogP contribution is 2.20. The Balaban J connectivity index is 2.10. The maximum atomic E-state index is 12.4. The largest absolute Gasteiger partial charge is 0.327 e. The molecule has 1 unspecified atom stereocenters. The van der Waals surface area contributed by atoms with E-state index in [1.165, 1.54) is 6.92 Å². The topological polar surface area (TPSA) is 49.4 Å². The summed E-state index contributed by atoms with van der Waals surface area (Å²) in [6, 6.07) is 15.4. The molecule has 24 heavy (non-hydrogen) atoms. The van der Waals surface area contributed by atoms with Crippen molar-refractivity contribution in [1.82, 2.24) is 4.90 Å². The van der Waals surface area contributed by atoms with Crippen LogP contribution >= 0.6 is 0 Å². The fourth-order valence-corrected chi connectivity index (χ4v) is 2.83. The third-order valence-electron chi connectivity index (χ3n) is 3.97. The summed E-state index contributed by atoms with van der Waals surface area (Å²) in [7, 11) is 0. The van der Waals surface area contributed by atoms with Crippen LogP contribution in [-0.2, 0) is 9.59 Å². The van der Waals surface area contributed by atoms with Crippen molar-refractivity contribution in [2.24, 2.45) is 0 Å². The van der Waals surface area contributed by atoms with Gasteiger partial charge >= 0.3 is 0 Å². The molecule has 0 aromatic heterocycles. The summed E-state index contributed by atoms with van der Waals surface area (Å²) in [5, 5.41) is 2.88. The molecule has 0 fully saturated rings. The van der Waals surface area contributed by atoms with E-state index in [1.807, 2.05) is 63.2 Å². The Kier molecular flexibility index (Phi) is 5.74. The van der Waals surface area contributed by atoms with Crippen LogP contribution in [0.1, 0.15) is 36.6 Å². The normalized spacial score (nSPS) is 11.7. The molecule has 0 saturated carbocycles. The number of carbonyl (C=O) groups excluding carboxylic acids is 2. The maximum Gasteiger partial charge on any atom is 0.244 e. The number of hydrogen-bond acceptors (Lipinski definition) is 2. The van der Waals surface area contributed by atoms with E-state index in [2.05, 4.69) is 11.4 Å². The minimum Gasteiger partial charge on any atom is -0.327 e. The van der Waals surface area contributed by atoms with Crippen molar-refractivity contribution < 1.29 is 9.59 Å². The van der Waals surface area contributed by atoms with E-state index in [4.69, 9.17) is 0 Å². The summed E-state index contributed by atoms with van der Waals surface area (Å²) in [4.78, 5) is 26.0. The van der Waals surface area contributed by atoms with Gasteiger partial charge in [0.2, 0.25) is 11.8 Å². The van der Waals surface area contributed by atoms with Crippen molar-refractivity contribution in [2.75, 3.05) is 11.9 Å². The molecule has 0 spiro atoms. The van der Waals surface area contributed by atoms with Gasteiger partial charge in [-0.15, -0.1) is 0 Å². The molecule has 0 aliphatic heterocycles. The highest BCUT2D eigenvalue weighted by atomic mass is 16.2. The first-order valence-electron chi connectivity index (χ1n) is 8.07. The first kappa shape index (κ1) is 17.7. The van der Waals surface area contributed by atoms with Crippen molar-refractivity contribution in [2.45, 2.75) is 33.7 Å². The molecule has 1 atom stereocenters. The van der Waals surface area contributed by atoms with Crippen LogP contribution in [0.15, 0.2) is 48.5 Å². The van der Waals surface area contributed by atoms with E-state index in [9.17, 15) is 9.59 Å². The lowest BCUT2D eigenvalue weighted by Crippen LogP contribution is -2.38. The monoisotopic (exact) mass is 324 g/mol. The molecule has 4 heteroatoms. The second kappa shape index (κ2) is 7.77. The standard InChI is InChI=1S/C20H24N2O2/c1-14-10-15(2)12-19(11-14)21-20(24)13-22(17(4)23)16(3)18-8-6-5-7-9-18/h5-12,16H,13H2,1-4H3,(H,21,24). The minimum absolute atomic E-state index is 0.0262. The average molecular weight is 324 g/mol. The molecule has 0 bridgehead atoms. The van der Waals surface area contributed by atoms with Gasteiger partial charge < -0.3 is 10.2 Å². The molecule has 2 aromatic carbocycles. The molecular formula is C20H24N2O2. The van der Waals surface area contributed by atoms with Gasteiger partial charge in [-0.3, -0.25) is 9.59 Å². The van der Waals surface area contributed by atoms with E-state index in [-0.39, 0.29) is 24.4 Å². The first-order valence-corrected chi connectivity index (χ1v) is 8.07. The smallest absolute Gasteiger partial charge is 0.244 e. The first-order chi connectivity index (χ1) is 11.4. The number of amides is 2. The lowest BCUT2D eigenvalue weighted by atomic mass is 10.1. The third kappa shape index (κ3) is 4.69. The van der Waals surface area contributed by atoms with E-state index >= 15 is 0 Å². The van der Waals surface area contributed by atoms with Gasteiger partial charge in [0.1, 0.15) is 6.54 Å². The van der Waals surface area contributed by atoms with Gasteiger partial charge in [0.05, 0.1) is 6.04 Å². The van der Waals surface area contributed by atoms with E-state index in [0.29, 0.717) is 0 Å². The molecule has 4 nitrogen and oxygen atoms in total. The fraction of sp³-hybridized carbons (Fsp3) is 0.300. The summed E-state index contributed by atoms with van der Waals surface area (Å²) in [6.07, 6.45) is 0. The van der Waals surface area contributed by atoms with Crippen LogP contribution in [0.5, 0.6) is 0 Å². The molecule has 0 heterocycles. The Labute approximate surface area is 143 Å². The Morgan fingerprint density at radius 2 is 1.62 bits per heavy atom. The zero-order valence-electron chi connectivity index (χ0n) is 14.7. The number of nitrogens with zero attached hydrogens (tertiary/aromatic N) is 1. The van der Waals surface area contributed by atoms with Gasteiger partial charge in [0.15, 0.2) is 0 Å². The second-order valence-electron chi connectivity index (χ2n) is 6.16. The van der Waals surface area contributed by atoms with Crippen molar-refractivity contribution in [1.29, 1.82) is 0 Å². The number of anilines is 1. The fourth-order valence-electron chi connectivity index (χ4n) is 2.83. The summed E-state index contributed by atoms with van der Waals surface area (Å²) in [5.41, 5.74) is 3.94. The minimum atomic E-state index is -0.196. The molecular weight excluding hydrogens is 300 g/mol. The quantitative estimate of drug-likeness (QED) is 0.908. The summed E-state index contributed by atoms with van der Waals surface area (Å²) in [5.74, 6) is -0.320. The van der Waals surface area contributed by atoms with Crippen LogP contribution in [0.25, 0.3) is 0 Å². The number of aryl methyl sites for hydroxylation is 2. The highest BCUT2D eigenvalue weighted by Gasteiger charge is 2.21. The zero-order valence-corrected chi connectivity index (χ0v) is 14.7. The second-order valence-corrected chi connectivity index (χ2v) is 6.16. The number of rotatable bonds is 5. The SMILES string of the molecule is CC(=O)N(CC(=O)Nc1cc(C)cc(C)c1)C(C)c1ccccc1. The third-order valence-corrected chi connectivity index (χ3v) is 3.97. The Morgan fingerprint density at radius 1 is 1.04 bits per heavy atom. The summed E-state index contributed by atoms with van der Waals surface area (Å²) in [6.45, 7) is 7.42. The molecule has 2 rings (SSSR count). The van der Waals surface area contributed by atoms with E-state index in [0.717, 1.165) is 22.4 Å². The van der Waals surface area contributed by atoms with Gasteiger partial charge in [-0.2, -0.15) is 0 Å². The predicted molar refractivity (Wildman–Crippen MR) is 96.8 cm³/mol. The maximum absolute atomic E-state index is 12.4. The van der Waals surface area contributed by atoms with Crippen LogP contribution < -0.4 is 5.32 Å². The molecule has 2 amide bonds. The van der Waals surface area contributed by atoms with Crippen LogP contribution in [0.3, 0.4) is 0 Å². The number of carbonyl (C=O) groups is 2. The molecule has 0 saturated heterocycles. The average Bonchev–Trinajstić information content (AvgIpc) is 2.51. The highest BCUT2D eigenvalue weighted by molar-refractivity contribution is 5.94. The number of benzene rings is 2. The number of nitrogens with one attached hydrogen (secondary N) is 1. The Morgan fingerprint density at radius 3 is 2.17 bits per heavy atom. The molecule has 0 aliphatic carbocycles. The number of hydrogen-bond donors (Lipinski definition) is 1. The zero-order chi connectivity index (χ0) is 17.7. The Hall–Kier alpha value is -2.62. The molecule has 0 aliphatic rings. The van der Waals surface area contributed by atoms with Gasteiger partial charge in [-0.1, -0.05) is 36.4 Å². The summed E-state index contributed by atoms with van der Waals surface area (Å²) < 4.78 is 0. The summed E-state index contributed by atoms with van der Waals surface area (Å²) >= 11 is 0. The lowest BCUT2D eigenvalue weighted by Gasteiger charge is -2.28. The van der Waals surface area contributed by atoms with E-state index in [1.54, 1.807) is 4.90 Å². The molecule has 2 aromatic rings. The van der Waals surface area contributed by atoms with Crippen LogP contribution in [0, 0.1) is 13.8 Å². The van der Waals surface area contributed by atoms with Crippen LogP contribution in [-0.4, -0.2) is 23.3 Å². The van der Waals surface area contributed by atoms with Crippen LogP contribution in [0.2, 0.25) is 0 Å². The molecule has 126 valence electrons. The van der Waals surface area contributed by atoms with Gasteiger partial charge in [0.25, 0.3) is 0 Å². The lowest BCUT2D eigenvalue weighted by molar-refractivity contribution is -0.134. The molecule has 0 radical (unpaired) electrons. The van der Waals surface area contributed by atoms with Crippen LogP contribution in [0.4, 0.5) is 5.69 Å².